The molecule has 32 heavy (non-hydrogen) atoms. The summed E-state index contributed by atoms with van der Waals surface area (Å²) < 4.78 is 16.2. The Labute approximate surface area is 184 Å². The van der Waals surface area contributed by atoms with Crippen LogP contribution in [0.15, 0.2) is 66.7 Å². The third-order valence-corrected chi connectivity index (χ3v) is 4.73. The average Bonchev–Trinajstić information content (AvgIpc) is 3.27. The molecule has 0 bridgehead atoms. The normalized spacial score (nSPS) is 12.4. The van der Waals surface area contributed by atoms with Crippen molar-refractivity contribution in [2.45, 2.75) is 13.0 Å². The zero-order valence-electron chi connectivity index (χ0n) is 17.1. The Morgan fingerprint density at radius 1 is 1.00 bits per heavy atom. The maximum Gasteiger partial charge on any atom is 0.265 e. The van der Waals surface area contributed by atoms with Crippen LogP contribution >= 0.6 is 0 Å². The minimum Gasteiger partial charge on any atom is -0.481 e. The van der Waals surface area contributed by atoms with Gasteiger partial charge in [0.2, 0.25) is 6.79 Å². The van der Waals surface area contributed by atoms with E-state index in [9.17, 15) is 9.59 Å². The fraction of sp³-hybridized carbons (Fsp3) is 0.125. The molecule has 2 N–H and O–H groups in total. The number of nitriles is 1. The summed E-state index contributed by atoms with van der Waals surface area (Å²) in [5.74, 6) is 0.823. The van der Waals surface area contributed by atoms with Crippen LogP contribution in [0.3, 0.4) is 0 Å². The maximum absolute atomic E-state index is 12.8. The number of amides is 2. The van der Waals surface area contributed by atoms with E-state index in [2.05, 4.69) is 10.6 Å². The molecule has 0 radical (unpaired) electrons. The summed E-state index contributed by atoms with van der Waals surface area (Å²) in [6.45, 7) is 1.74. The number of carbonyl (C=O) groups is 2. The molecule has 160 valence electrons. The standard InChI is InChI=1S/C24H19N3O5/c1-15(32-18-9-6-16(13-25)7-10-18)23(28)27-20-5-3-2-4-19(20)24(29)26-17-8-11-21-22(12-17)31-14-30-21/h2-12,15H,14H2,1H3,(H,26,29)(H,27,28). The number of nitrogens with zero attached hydrogens (tertiary/aromatic N) is 1. The van der Waals surface area contributed by atoms with Gasteiger partial charge < -0.3 is 24.8 Å². The molecule has 0 saturated carbocycles. The third-order valence-electron chi connectivity index (χ3n) is 4.73. The largest absolute Gasteiger partial charge is 0.481 e. The molecule has 0 aromatic heterocycles. The first-order valence-corrected chi connectivity index (χ1v) is 9.81. The first kappa shape index (κ1) is 20.8. The molecule has 0 saturated heterocycles. The molecular formula is C24H19N3O5. The highest BCUT2D eigenvalue weighted by atomic mass is 16.7. The van der Waals surface area contributed by atoms with Gasteiger partial charge in [-0.05, 0) is 55.5 Å². The highest BCUT2D eigenvalue weighted by Gasteiger charge is 2.20. The van der Waals surface area contributed by atoms with Gasteiger partial charge in [0.15, 0.2) is 17.6 Å². The quantitative estimate of drug-likeness (QED) is 0.614. The minimum absolute atomic E-state index is 0.143. The predicted molar refractivity (Wildman–Crippen MR) is 117 cm³/mol. The van der Waals surface area contributed by atoms with E-state index in [-0.39, 0.29) is 12.7 Å². The Hall–Kier alpha value is -4.51. The molecule has 1 heterocycles. The van der Waals surface area contributed by atoms with Gasteiger partial charge in [-0.1, -0.05) is 12.1 Å². The summed E-state index contributed by atoms with van der Waals surface area (Å²) >= 11 is 0. The summed E-state index contributed by atoms with van der Waals surface area (Å²) in [5.41, 5.74) is 1.69. The average molecular weight is 429 g/mol. The second-order valence-electron chi connectivity index (χ2n) is 6.95. The number of hydrogen-bond acceptors (Lipinski definition) is 6. The molecule has 3 aromatic carbocycles. The van der Waals surface area contributed by atoms with Gasteiger partial charge in [-0.2, -0.15) is 5.26 Å². The topological polar surface area (TPSA) is 110 Å². The zero-order valence-corrected chi connectivity index (χ0v) is 17.1. The Morgan fingerprint density at radius 2 is 1.75 bits per heavy atom. The van der Waals surface area contributed by atoms with Crippen LogP contribution in [0.25, 0.3) is 0 Å². The van der Waals surface area contributed by atoms with E-state index in [1.165, 1.54) is 0 Å². The number of hydrogen-bond donors (Lipinski definition) is 2. The first-order valence-electron chi connectivity index (χ1n) is 9.81. The number of anilines is 2. The molecule has 3 aromatic rings. The molecular weight excluding hydrogens is 410 g/mol. The van der Waals surface area contributed by atoms with E-state index in [1.54, 1.807) is 73.7 Å². The van der Waals surface area contributed by atoms with E-state index in [0.29, 0.717) is 39.8 Å². The Morgan fingerprint density at radius 3 is 2.53 bits per heavy atom. The van der Waals surface area contributed by atoms with Crippen molar-refractivity contribution in [2.75, 3.05) is 17.4 Å². The second kappa shape index (κ2) is 9.10. The number of nitrogens with one attached hydrogen (secondary N) is 2. The molecule has 0 aliphatic carbocycles. The molecule has 1 aliphatic heterocycles. The van der Waals surface area contributed by atoms with E-state index >= 15 is 0 Å². The molecule has 0 fully saturated rings. The van der Waals surface area contributed by atoms with Crippen LogP contribution in [0.4, 0.5) is 11.4 Å². The van der Waals surface area contributed by atoms with Crippen LogP contribution in [0.1, 0.15) is 22.8 Å². The van der Waals surface area contributed by atoms with Crippen molar-refractivity contribution in [3.63, 3.8) is 0 Å². The smallest absolute Gasteiger partial charge is 0.265 e. The van der Waals surface area contributed by atoms with Crippen molar-refractivity contribution in [3.8, 4) is 23.3 Å². The summed E-state index contributed by atoms with van der Waals surface area (Å²) in [5, 5.41) is 14.4. The van der Waals surface area contributed by atoms with Crippen molar-refractivity contribution in [2.24, 2.45) is 0 Å². The van der Waals surface area contributed by atoms with Crippen molar-refractivity contribution >= 4 is 23.2 Å². The molecule has 0 spiro atoms. The molecule has 8 heteroatoms. The lowest BCUT2D eigenvalue weighted by atomic mass is 10.1. The van der Waals surface area contributed by atoms with Crippen molar-refractivity contribution in [3.05, 3.63) is 77.9 Å². The molecule has 4 rings (SSSR count). The maximum atomic E-state index is 12.8. The van der Waals surface area contributed by atoms with Crippen LogP contribution < -0.4 is 24.8 Å². The molecule has 1 atom stereocenters. The number of para-hydroxylation sites is 1. The highest BCUT2D eigenvalue weighted by Crippen LogP contribution is 2.34. The lowest BCUT2D eigenvalue weighted by Gasteiger charge is -2.16. The predicted octanol–water partition coefficient (Wildman–Crippen LogP) is 3.95. The number of rotatable bonds is 6. The van der Waals surface area contributed by atoms with Gasteiger partial charge in [0.1, 0.15) is 5.75 Å². The summed E-state index contributed by atoms with van der Waals surface area (Å²) in [6.07, 6.45) is -0.826. The van der Waals surface area contributed by atoms with Crippen molar-refractivity contribution in [1.82, 2.24) is 0 Å². The Balaban J connectivity index is 1.43. The van der Waals surface area contributed by atoms with Crippen LogP contribution in [0, 0.1) is 11.3 Å². The fourth-order valence-corrected chi connectivity index (χ4v) is 3.06. The summed E-state index contributed by atoms with van der Waals surface area (Å²) in [7, 11) is 0. The fourth-order valence-electron chi connectivity index (χ4n) is 3.06. The Bertz CT molecular complexity index is 1200. The van der Waals surface area contributed by atoms with Gasteiger partial charge in [-0.25, -0.2) is 0 Å². The van der Waals surface area contributed by atoms with Gasteiger partial charge in [-0.15, -0.1) is 0 Å². The highest BCUT2D eigenvalue weighted by molar-refractivity contribution is 6.10. The van der Waals surface area contributed by atoms with Gasteiger partial charge in [-0.3, -0.25) is 9.59 Å². The van der Waals surface area contributed by atoms with E-state index in [1.807, 2.05) is 6.07 Å². The van der Waals surface area contributed by atoms with E-state index in [4.69, 9.17) is 19.5 Å². The van der Waals surface area contributed by atoms with Crippen molar-refractivity contribution < 1.29 is 23.8 Å². The molecule has 1 unspecified atom stereocenters. The van der Waals surface area contributed by atoms with Gasteiger partial charge in [0.05, 0.1) is 22.9 Å². The minimum atomic E-state index is -0.826. The van der Waals surface area contributed by atoms with Crippen LogP contribution in [-0.4, -0.2) is 24.7 Å². The van der Waals surface area contributed by atoms with Gasteiger partial charge in [0.25, 0.3) is 11.8 Å². The summed E-state index contributed by atoms with van der Waals surface area (Å²) in [6, 6.07) is 20.3. The lowest BCUT2D eigenvalue weighted by molar-refractivity contribution is -0.122. The number of benzene rings is 3. The zero-order chi connectivity index (χ0) is 22.5. The Kier molecular flexibility index (Phi) is 5.90. The third kappa shape index (κ3) is 4.63. The number of fused-ring (bicyclic) bond motifs is 1. The van der Waals surface area contributed by atoms with Crippen molar-refractivity contribution in [1.29, 1.82) is 5.26 Å². The van der Waals surface area contributed by atoms with Crippen LogP contribution in [0.5, 0.6) is 17.2 Å². The molecule has 2 amide bonds. The summed E-state index contributed by atoms with van der Waals surface area (Å²) in [4.78, 5) is 25.5. The number of carbonyl (C=O) groups excluding carboxylic acids is 2. The van der Waals surface area contributed by atoms with Gasteiger partial charge >= 0.3 is 0 Å². The first-order chi connectivity index (χ1) is 15.5. The monoisotopic (exact) mass is 429 g/mol. The van der Waals surface area contributed by atoms with E-state index < -0.39 is 12.0 Å². The van der Waals surface area contributed by atoms with E-state index in [0.717, 1.165) is 0 Å². The van der Waals surface area contributed by atoms with Crippen LogP contribution in [-0.2, 0) is 4.79 Å². The second-order valence-corrected chi connectivity index (χ2v) is 6.95. The number of ether oxygens (including phenoxy) is 3. The molecule has 8 nitrogen and oxygen atoms in total. The van der Waals surface area contributed by atoms with Gasteiger partial charge in [0, 0.05) is 11.8 Å². The SMILES string of the molecule is CC(Oc1ccc(C#N)cc1)C(=O)Nc1ccccc1C(=O)Nc1ccc2c(c1)OCO2. The van der Waals surface area contributed by atoms with Crippen LogP contribution in [0.2, 0.25) is 0 Å². The molecule has 1 aliphatic rings. The lowest BCUT2D eigenvalue weighted by Crippen LogP contribution is -2.31.